The third-order valence-corrected chi connectivity index (χ3v) is 16.3. The highest BCUT2D eigenvalue weighted by Crippen LogP contribution is 2.40. The van der Waals surface area contributed by atoms with Crippen LogP contribution in [-0.2, 0) is 19.3 Å². The van der Waals surface area contributed by atoms with Crippen molar-refractivity contribution in [2.24, 2.45) is 0 Å². The Morgan fingerprint density at radius 3 is 2.12 bits per heavy atom. The predicted octanol–water partition coefficient (Wildman–Crippen LogP) is 21.3. The topological polar surface area (TPSA) is 90.7 Å². The zero-order chi connectivity index (χ0) is 60.3. The Morgan fingerprint density at radius 1 is 0.616 bits per heavy atom. The Bertz CT molecular complexity index is 4500. The molecule has 1 aliphatic rings. The van der Waals surface area contributed by atoms with Crippen molar-refractivity contribution in [2.75, 3.05) is 11.5 Å². The summed E-state index contributed by atoms with van der Waals surface area (Å²) in [5, 5.41) is 7.77. The average molecular weight is 1120 g/mol. The molecule has 0 bridgehead atoms. The Kier molecular flexibility index (Phi) is 18.8. The van der Waals surface area contributed by atoms with Gasteiger partial charge in [-0.1, -0.05) is 218 Å². The standard InChI is InChI=1S/C56H44N4.C21H21N.2C2H6/c1-2-12-37-23-24-38-26-32-53(60-56(38)55(37)58)54-48-20-8-6-18-46(48)45(47-19-7-9-21-49(47)54)22-11-16-42-33-40(25-29-50(42)57)41-27-30-52-44(35-41)28-31-51(59-52)43-17-10-15-39(34-43)36-13-4-3-5-14-36;1-5-17-10-11-18-12-13-20(22-21(18)15(17)3)16(4)19-9-7-6-8-14(19)2;2*1-2/h3-4,6,8-11,13,15-18,20-21,23-35H,2,5,12,14,22,57-58H2,1H3;6-13H,4-5H2,1-3H3;2*1-2H3/b16-11-;;;. The molecule has 4 N–H and O–H groups in total. The fraction of sp³-hybridized carbons (Fsp3) is 0.173. The third-order valence-electron chi connectivity index (χ3n) is 16.3. The molecule has 0 atom stereocenters. The molecule has 12 aromatic rings. The number of pyridine rings is 3. The molecule has 13 rings (SSSR count). The first-order valence-electron chi connectivity index (χ1n) is 30.7. The van der Waals surface area contributed by atoms with E-state index < -0.39 is 0 Å². The van der Waals surface area contributed by atoms with Gasteiger partial charge in [0.1, 0.15) is 0 Å². The van der Waals surface area contributed by atoms with Gasteiger partial charge in [-0.3, -0.25) is 0 Å². The Morgan fingerprint density at radius 2 is 1.33 bits per heavy atom. The monoisotopic (exact) mass is 1120 g/mol. The molecule has 0 unspecified atom stereocenters. The summed E-state index contributed by atoms with van der Waals surface area (Å²) >= 11 is 0. The van der Waals surface area contributed by atoms with Gasteiger partial charge in [-0.15, -0.1) is 0 Å². The second-order valence-electron chi connectivity index (χ2n) is 21.5. The summed E-state index contributed by atoms with van der Waals surface area (Å²) in [5.41, 5.74) is 37.0. The van der Waals surface area contributed by atoms with Crippen molar-refractivity contribution >= 4 is 82.9 Å². The molecule has 86 heavy (non-hydrogen) atoms. The van der Waals surface area contributed by atoms with Gasteiger partial charge in [0.15, 0.2) is 0 Å². The van der Waals surface area contributed by atoms with Gasteiger partial charge in [-0.25, -0.2) is 15.0 Å². The van der Waals surface area contributed by atoms with Gasteiger partial charge < -0.3 is 11.5 Å². The number of rotatable bonds is 12. The van der Waals surface area contributed by atoms with E-state index in [1.54, 1.807) is 0 Å². The number of hydrogen-bond donors (Lipinski definition) is 2. The van der Waals surface area contributed by atoms with Crippen molar-refractivity contribution in [3.8, 4) is 33.6 Å². The molecule has 3 aromatic heterocycles. The van der Waals surface area contributed by atoms with Crippen LogP contribution in [0.4, 0.5) is 11.4 Å². The van der Waals surface area contributed by atoms with E-state index in [0.717, 1.165) is 148 Å². The van der Waals surface area contributed by atoms with E-state index in [1.165, 1.54) is 44.3 Å². The minimum Gasteiger partial charge on any atom is -0.398 e. The van der Waals surface area contributed by atoms with Gasteiger partial charge in [-0.05, 0) is 179 Å². The van der Waals surface area contributed by atoms with E-state index in [1.807, 2.05) is 39.8 Å². The molecule has 5 nitrogen and oxygen atoms in total. The third kappa shape index (κ3) is 12.3. The summed E-state index contributed by atoms with van der Waals surface area (Å²) in [5.74, 6) is 0. The van der Waals surface area contributed by atoms with Gasteiger partial charge >= 0.3 is 0 Å². The molecule has 3 heterocycles. The summed E-state index contributed by atoms with van der Waals surface area (Å²) in [6, 6.07) is 70.7. The maximum absolute atomic E-state index is 6.73. The molecular weight excluding hydrogens is 1040 g/mol. The fourth-order valence-corrected chi connectivity index (χ4v) is 11.8. The largest absolute Gasteiger partial charge is 0.398 e. The van der Waals surface area contributed by atoms with Crippen LogP contribution in [0.15, 0.2) is 213 Å². The van der Waals surface area contributed by atoms with Crippen LogP contribution in [0, 0.1) is 26.0 Å². The number of anilines is 2. The Balaban J connectivity index is 0.000000264. The molecule has 0 aliphatic heterocycles. The molecule has 426 valence electrons. The highest BCUT2D eigenvalue weighted by molar-refractivity contribution is 6.15. The minimum absolute atomic E-state index is 0.690. The predicted molar refractivity (Wildman–Crippen MR) is 372 cm³/mol. The molecule has 0 saturated carbocycles. The van der Waals surface area contributed by atoms with Gasteiger partial charge in [0, 0.05) is 49.3 Å². The summed E-state index contributed by atoms with van der Waals surface area (Å²) < 4.78 is 0. The molecule has 0 radical (unpaired) electrons. The Hall–Kier alpha value is -9.89. The average Bonchev–Trinajstić information content (AvgIpc) is 1.21. The summed E-state index contributed by atoms with van der Waals surface area (Å²) in [6.07, 6.45) is 16.8. The lowest BCUT2D eigenvalue weighted by molar-refractivity contribution is 0.925. The second-order valence-corrected chi connectivity index (χ2v) is 21.5. The van der Waals surface area contributed by atoms with Crippen LogP contribution in [0.25, 0.3) is 105 Å². The maximum atomic E-state index is 6.73. The number of hydrogen-bond acceptors (Lipinski definition) is 5. The van der Waals surface area contributed by atoms with Gasteiger partial charge in [-0.2, -0.15) is 0 Å². The SMILES string of the molecule is C=C(c1ccc2ccc(CC)c(C)c2n1)c1ccccc1C.CC.CC.CCCc1ccc2ccc(-c3c4ccc#cc4c(C/C=C\c4cc(-c5ccc6nc(-c7cccc(C8=CC=CCC8)c7)ccc6c5)ccc4N)c4ccccc34)nc2c1N. The molecule has 0 spiro atoms. The summed E-state index contributed by atoms with van der Waals surface area (Å²) in [7, 11) is 0. The smallest absolute Gasteiger partial charge is 0.0941 e. The summed E-state index contributed by atoms with van der Waals surface area (Å²) in [6.45, 7) is 20.9. The number of fused-ring (bicyclic) bond motifs is 5. The number of nitrogen functional groups attached to an aromatic ring is 2. The van der Waals surface area contributed by atoms with Crippen LogP contribution in [0.3, 0.4) is 0 Å². The van der Waals surface area contributed by atoms with Crippen LogP contribution in [0.2, 0.25) is 0 Å². The van der Waals surface area contributed by atoms with Crippen molar-refractivity contribution in [3.05, 3.63) is 275 Å². The molecule has 0 fully saturated rings. The van der Waals surface area contributed by atoms with Crippen LogP contribution in [0.5, 0.6) is 0 Å². The van der Waals surface area contributed by atoms with Crippen LogP contribution in [0.1, 0.15) is 111 Å². The van der Waals surface area contributed by atoms with Crippen molar-refractivity contribution < 1.29 is 0 Å². The first-order valence-corrected chi connectivity index (χ1v) is 30.7. The van der Waals surface area contributed by atoms with E-state index >= 15 is 0 Å². The number of benzene rings is 8. The minimum atomic E-state index is 0.690. The zero-order valence-corrected chi connectivity index (χ0v) is 51.2. The molecule has 0 amide bonds. The number of nitrogens with two attached hydrogens (primary N) is 2. The van der Waals surface area contributed by atoms with E-state index in [2.05, 4.69) is 247 Å². The lowest BCUT2D eigenvalue weighted by Gasteiger charge is -2.16. The van der Waals surface area contributed by atoms with Gasteiger partial charge in [0.2, 0.25) is 0 Å². The van der Waals surface area contributed by atoms with E-state index in [-0.39, 0.29) is 0 Å². The molecule has 0 saturated heterocycles. The first kappa shape index (κ1) is 59.3. The number of allylic oxidation sites excluding steroid dienone is 5. The van der Waals surface area contributed by atoms with Crippen molar-refractivity contribution in [1.82, 2.24) is 15.0 Å². The maximum Gasteiger partial charge on any atom is 0.0941 e. The van der Waals surface area contributed by atoms with Gasteiger partial charge in [0.05, 0.1) is 39.3 Å². The number of aryl methyl sites for hydroxylation is 4. The zero-order valence-electron chi connectivity index (χ0n) is 51.2. The second kappa shape index (κ2) is 27.2. The first-order chi connectivity index (χ1) is 42.1. The number of nitrogens with zero attached hydrogens (tertiary/aromatic N) is 3. The lowest BCUT2D eigenvalue weighted by Crippen LogP contribution is -1.99. The molecular formula is C81H77N5. The quantitative estimate of drug-likeness (QED) is 0.119. The van der Waals surface area contributed by atoms with Crippen molar-refractivity contribution in [1.29, 1.82) is 0 Å². The normalized spacial score (nSPS) is 11.8. The highest BCUT2D eigenvalue weighted by Gasteiger charge is 2.18. The lowest BCUT2D eigenvalue weighted by atomic mass is 9.89. The van der Waals surface area contributed by atoms with Crippen molar-refractivity contribution in [2.45, 2.75) is 93.9 Å². The van der Waals surface area contributed by atoms with Crippen molar-refractivity contribution in [3.63, 3.8) is 0 Å². The van der Waals surface area contributed by atoms with Crippen LogP contribution in [-0.4, -0.2) is 15.0 Å². The molecule has 5 heteroatoms. The number of aromatic nitrogens is 3. The fourth-order valence-electron chi connectivity index (χ4n) is 11.8. The van der Waals surface area contributed by atoms with Gasteiger partial charge in [0.25, 0.3) is 0 Å². The Labute approximate surface area is 509 Å². The van der Waals surface area contributed by atoms with E-state index in [4.69, 9.17) is 26.4 Å². The molecule has 1 aliphatic carbocycles. The summed E-state index contributed by atoms with van der Waals surface area (Å²) in [4.78, 5) is 15.2. The highest BCUT2D eigenvalue weighted by atomic mass is 14.7. The van der Waals surface area contributed by atoms with E-state index in [9.17, 15) is 0 Å². The van der Waals surface area contributed by atoms with E-state index in [0.29, 0.717) is 6.42 Å². The van der Waals surface area contributed by atoms with Crippen LogP contribution < -0.4 is 11.5 Å². The molecule has 9 aromatic carbocycles. The van der Waals surface area contributed by atoms with Crippen LogP contribution >= 0.6 is 0 Å².